The molecule has 1 aliphatic rings. The van der Waals surface area contributed by atoms with Crippen molar-refractivity contribution in [3.05, 3.63) is 15.8 Å². The van der Waals surface area contributed by atoms with Crippen LogP contribution in [0.15, 0.2) is 0 Å². The number of nitro groups is 1. The Kier molecular flexibility index (Phi) is 3.28. The van der Waals surface area contributed by atoms with Crippen LogP contribution >= 0.6 is 0 Å². The van der Waals surface area contributed by atoms with Gasteiger partial charge < -0.3 is 10.1 Å². The largest absolute Gasteiger partial charge is 0.379 e. The van der Waals surface area contributed by atoms with Gasteiger partial charge in [-0.2, -0.15) is 5.10 Å². The van der Waals surface area contributed by atoms with Crippen molar-refractivity contribution in [3.63, 3.8) is 0 Å². The van der Waals surface area contributed by atoms with Gasteiger partial charge in [-0.15, -0.1) is 0 Å². The first-order valence-corrected chi connectivity index (χ1v) is 5.69. The molecule has 1 N–H and O–H groups in total. The van der Waals surface area contributed by atoms with Gasteiger partial charge in [0.2, 0.25) is 5.82 Å². The highest BCUT2D eigenvalue weighted by Crippen LogP contribution is 2.29. The molecule has 1 aromatic heterocycles. The van der Waals surface area contributed by atoms with Crippen LogP contribution in [0.5, 0.6) is 0 Å². The average molecular weight is 240 g/mol. The summed E-state index contributed by atoms with van der Waals surface area (Å²) in [5.41, 5.74) is 0.511. The second-order valence-corrected chi connectivity index (χ2v) is 4.06. The molecule has 0 saturated carbocycles. The zero-order valence-electron chi connectivity index (χ0n) is 9.97. The highest BCUT2D eigenvalue weighted by atomic mass is 16.6. The number of anilines is 1. The summed E-state index contributed by atoms with van der Waals surface area (Å²) in [5.74, 6) is 0.491. The number of ether oxygens (including phenoxy) is 1. The van der Waals surface area contributed by atoms with Gasteiger partial charge in [-0.25, -0.2) is 4.68 Å². The van der Waals surface area contributed by atoms with Crippen LogP contribution in [0.25, 0.3) is 0 Å². The van der Waals surface area contributed by atoms with E-state index >= 15 is 0 Å². The number of aryl methyl sites for hydroxylation is 2. The molecule has 0 aliphatic carbocycles. The summed E-state index contributed by atoms with van der Waals surface area (Å²) in [6.45, 7) is 5.45. The first kappa shape index (κ1) is 11.8. The van der Waals surface area contributed by atoms with Crippen LogP contribution in [-0.4, -0.2) is 34.0 Å². The molecule has 2 heterocycles. The lowest BCUT2D eigenvalue weighted by atomic mass is 10.2. The molecule has 0 radical (unpaired) electrons. The Labute approximate surface area is 98.9 Å². The van der Waals surface area contributed by atoms with E-state index < -0.39 is 0 Å². The highest BCUT2D eigenvalue weighted by Gasteiger charge is 2.27. The van der Waals surface area contributed by atoms with Crippen LogP contribution < -0.4 is 5.32 Å². The summed E-state index contributed by atoms with van der Waals surface area (Å²) in [5, 5.41) is 18.4. The van der Waals surface area contributed by atoms with E-state index in [9.17, 15) is 10.1 Å². The second-order valence-electron chi connectivity index (χ2n) is 4.06. The molecule has 1 fully saturated rings. The summed E-state index contributed by atoms with van der Waals surface area (Å²) in [6, 6.07) is 0.134. The molecule has 2 rings (SSSR count). The molecule has 0 bridgehead atoms. The first-order chi connectivity index (χ1) is 8.13. The molecule has 0 spiro atoms. The Morgan fingerprint density at radius 3 is 3.00 bits per heavy atom. The Balaban J connectivity index is 2.31. The summed E-state index contributed by atoms with van der Waals surface area (Å²) in [4.78, 5) is 10.6. The van der Waals surface area contributed by atoms with Crippen molar-refractivity contribution < 1.29 is 9.66 Å². The van der Waals surface area contributed by atoms with Crippen LogP contribution in [0.1, 0.15) is 19.0 Å². The van der Waals surface area contributed by atoms with Crippen molar-refractivity contribution in [1.29, 1.82) is 0 Å². The summed E-state index contributed by atoms with van der Waals surface area (Å²) >= 11 is 0. The minimum Gasteiger partial charge on any atom is -0.379 e. The number of rotatable bonds is 4. The predicted molar refractivity (Wildman–Crippen MR) is 62.1 cm³/mol. The summed E-state index contributed by atoms with van der Waals surface area (Å²) < 4.78 is 6.88. The fourth-order valence-electron chi connectivity index (χ4n) is 2.00. The molecule has 1 atom stereocenters. The standard InChI is InChI=1S/C10H16N4O3/c1-3-13-10(11-8-4-5-17-6-8)9(14(15)16)7(2)12-13/h8,11H,3-6H2,1-2H3. The minimum absolute atomic E-state index is 0.0683. The van der Waals surface area contributed by atoms with Gasteiger partial charge in [0.15, 0.2) is 0 Å². The number of hydrogen-bond donors (Lipinski definition) is 1. The van der Waals surface area contributed by atoms with Crippen molar-refractivity contribution in [3.8, 4) is 0 Å². The van der Waals surface area contributed by atoms with Crippen LogP contribution in [-0.2, 0) is 11.3 Å². The molecule has 1 unspecified atom stereocenters. The first-order valence-electron chi connectivity index (χ1n) is 5.69. The van der Waals surface area contributed by atoms with Gasteiger partial charge in [-0.05, 0) is 20.3 Å². The van der Waals surface area contributed by atoms with Crippen molar-refractivity contribution >= 4 is 11.5 Å². The third-order valence-corrected chi connectivity index (χ3v) is 2.85. The highest BCUT2D eigenvalue weighted by molar-refractivity contribution is 5.60. The molecular formula is C10H16N4O3. The molecule has 7 heteroatoms. The summed E-state index contributed by atoms with van der Waals surface area (Å²) in [7, 11) is 0. The van der Waals surface area contributed by atoms with Gasteiger partial charge in [0.05, 0.1) is 17.6 Å². The molecule has 7 nitrogen and oxygen atoms in total. The predicted octanol–water partition coefficient (Wildman–Crippen LogP) is 1.32. The average Bonchev–Trinajstić information content (AvgIpc) is 2.86. The van der Waals surface area contributed by atoms with Crippen LogP contribution in [0.4, 0.5) is 11.5 Å². The maximum Gasteiger partial charge on any atom is 0.333 e. The van der Waals surface area contributed by atoms with Gasteiger partial charge in [0.1, 0.15) is 5.69 Å². The van der Waals surface area contributed by atoms with E-state index in [1.807, 2.05) is 6.92 Å². The summed E-state index contributed by atoms with van der Waals surface area (Å²) in [6.07, 6.45) is 0.866. The lowest BCUT2D eigenvalue weighted by Crippen LogP contribution is -2.21. The van der Waals surface area contributed by atoms with Gasteiger partial charge in [0, 0.05) is 13.2 Å². The third-order valence-electron chi connectivity index (χ3n) is 2.85. The minimum atomic E-state index is -0.382. The maximum absolute atomic E-state index is 11.0. The molecule has 0 aromatic carbocycles. The molecule has 1 aliphatic heterocycles. The van der Waals surface area contributed by atoms with Crippen molar-refractivity contribution in [1.82, 2.24) is 9.78 Å². The van der Waals surface area contributed by atoms with E-state index in [0.717, 1.165) is 6.42 Å². The molecule has 94 valence electrons. The Morgan fingerprint density at radius 2 is 2.47 bits per heavy atom. The monoisotopic (exact) mass is 240 g/mol. The quantitative estimate of drug-likeness (QED) is 0.634. The van der Waals surface area contributed by atoms with E-state index in [-0.39, 0.29) is 16.7 Å². The fraction of sp³-hybridized carbons (Fsp3) is 0.700. The van der Waals surface area contributed by atoms with E-state index in [1.54, 1.807) is 11.6 Å². The third kappa shape index (κ3) is 2.23. The van der Waals surface area contributed by atoms with E-state index in [2.05, 4.69) is 10.4 Å². The molecule has 17 heavy (non-hydrogen) atoms. The van der Waals surface area contributed by atoms with Gasteiger partial charge >= 0.3 is 5.69 Å². The topological polar surface area (TPSA) is 82.2 Å². The molecule has 1 saturated heterocycles. The molecule has 0 amide bonds. The van der Waals surface area contributed by atoms with Crippen molar-refractivity contribution in [2.45, 2.75) is 32.9 Å². The lowest BCUT2D eigenvalue weighted by Gasteiger charge is -2.12. The van der Waals surface area contributed by atoms with E-state index in [4.69, 9.17) is 4.74 Å². The van der Waals surface area contributed by atoms with Crippen LogP contribution in [0.3, 0.4) is 0 Å². The van der Waals surface area contributed by atoms with Crippen molar-refractivity contribution in [2.24, 2.45) is 0 Å². The lowest BCUT2D eigenvalue weighted by molar-refractivity contribution is -0.384. The van der Waals surface area contributed by atoms with E-state index in [1.165, 1.54) is 0 Å². The second kappa shape index (κ2) is 4.70. The Bertz CT molecular complexity index is 423. The van der Waals surface area contributed by atoms with Gasteiger partial charge in [-0.1, -0.05) is 0 Å². The number of nitrogens with one attached hydrogen (secondary N) is 1. The zero-order chi connectivity index (χ0) is 12.4. The van der Waals surface area contributed by atoms with E-state index in [0.29, 0.717) is 31.3 Å². The van der Waals surface area contributed by atoms with Gasteiger partial charge in [-0.3, -0.25) is 10.1 Å². The SMILES string of the molecule is CCn1nc(C)c([N+](=O)[O-])c1NC1CCOC1. The molecular weight excluding hydrogens is 224 g/mol. The Morgan fingerprint density at radius 1 is 1.71 bits per heavy atom. The van der Waals surface area contributed by atoms with Gasteiger partial charge in [0.25, 0.3) is 0 Å². The number of hydrogen-bond acceptors (Lipinski definition) is 5. The number of aromatic nitrogens is 2. The Hall–Kier alpha value is -1.63. The maximum atomic E-state index is 11.0. The number of nitrogens with zero attached hydrogens (tertiary/aromatic N) is 3. The fourth-order valence-corrected chi connectivity index (χ4v) is 2.00. The molecule has 1 aromatic rings. The zero-order valence-corrected chi connectivity index (χ0v) is 9.97. The van der Waals surface area contributed by atoms with Crippen LogP contribution in [0.2, 0.25) is 0 Å². The normalized spacial score (nSPS) is 19.5. The van der Waals surface area contributed by atoms with Crippen LogP contribution in [0, 0.1) is 17.0 Å². The smallest absolute Gasteiger partial charge is 0.333 e. The van der Waals surface area contributed by atoms with Crippen molar-refractivity contribution in [2.75, 3.05) is 18.5 Å².